The summed E-state index contributed by atoms with van der Waals surface area (Å²) >= 11 is 0. The van der Waals surface area contributed by atoms with Crippen molar-refractivity contribution in [3.63, 3.8) is 0 Å². The van der Waals surface area contributed by atoms with E-state index in [4.69, 9.17) is 19.6 Å². The Morgan fingerprint density at radius 1 is 0.909 bits per heavy atom. The van der Waals surface area contributed by atoms with Crippen LogP contribution in [0, 0.1) is 5.92 Å². The maximum atomic E-state index is 7.00. The summed E-state index contributed by atoms with van der Waals surface area (Å²) in [7, 11) is 1.00. The molecule has 4 nitrogen and oxygen atoms in total. The SMILES string of the molecule is CC.CC.CC1OC1[C@]12CCCC[C@@H]1CC[C@H](C)OO2.CO. The van der Waals surface area contributed by atoms with Gasteiger partial charge < -0.3 is 9.84 Å². The third kappa shape index (κ3) is 5.19. The van der Waals surface area contributed by atoms with Gasteiger partial charge in [-0.05, 0) is 45.4 Å². The summed E-state index contributed by atoms with van der Waals surface area (Å²) in [5.74, 6) is 0.640. The molecule has 0 radical (unpaired) electrons. The van der Waals surface area contributed by atoms with Crippen LogP contribution in [0.4, 0.5) is 0 Å². The summed E-state index contributed by atoms with van der Waals surface area (Å²) in [5.41, 5.74) is -0.123. The largest absolute Gasteiger partial charge is 0.400 e. The molecule has 0 aromatic heterocycles. The van der Waals surface area contributed by atoms with Crippen molar-refractivity contribution in [3.8, 4) is 0 Å². The average molecular weight is 318 g/mol. The van der Waals surface area contributed by atoms with Crippen LogP contribution in [-0.2, 0) is 14.5 Å². The summed E-state index contributed by atoms with van der Waals surface area (Å²) in [6, 6.07) is 0. The van der Waals surface area contributed by atoms with Gasteiger partial charge in [0.2, 0.25) is 0 Å². The summed E-state index contributed by atoms with van der Waals surface area (Å²) in [6.07, 6.45) is 8.20. The second-order valence-electron chi connectivity index (χ2n) is 5.73. The first-order valence-corrected chi connectivity index (χ1v) is 9.17. The Morgan fingerprint density at radius 2 is 1.50 bits per heavy atom. The zero-order valence-electron chi connectivity index (χ0n) is 15.7. The van der Waals surface area contributed by atoms with Crippen LogP contribution in [-0.4, -0.2) is 36.1 Å². The van der Waals surface area contributed by atoms with E-state index in [-0.39, 0.29) is 17.8 Å². The molecule has 134 valence electrons. The standard InChI is InChI=1S/C13H22O3.2C2H6.CH4O/c1-9-6-7-11-5-3-4-8-13(11,16-15-9)12-10(2)14-12;3*1-2/h9-12H,3-8H2,1-2H3;2*1-2H3;2H,1H3/t9-,10?,11+,12?,13-;;;/m0.../s1. The summed E-state index contributed by atoms with van der Waals surface area (Å²) in [5, 5.41) is 7.00. The van der Waals surface area contributed by atoms with E-state index in [0.29, 0.717) is 12.0 Å². The molecular formula is C18H38O4. The first-order valence-electron chi connectivity index (χ1n) is 9.17. The van der Waals surface area contributed by atoms with E-state index in [1.54, 1.807) is 0 Å². The molecule has 4 heteroatoms. The second kappa shape index (κ2) is 11.4. The summed E-state index contributed by atoms with van der Waals surface area (Å²) < 4.78 is 5.70. The van der Waals surface area contributed by atoms with Crippen LogP contribution >= 0.6 is 0 Å². The lowest BCUT2D eigenvalue weighted by molar-refractivity contribution is -0.391. The highest BCUT2D eigenvalue weighted by Gasteiger charge is 2.59. The van der Waals surface area contributed by atoms with Crippen molar-refractivity contribution in [1.82, 2.24) is 0 Å². The Kier molecular flexibility index (Phi) is 11.3. The predicted octanol–water partition coefficient (Wildman–Crippen LogP) is 4.49. The lowest BCUT2D eigenvalue weighted by Gasteiger charge is -2.40. The molecule has 0 aromatic carbocycles. The number of aliphatic hydroxyl groups is 1. The van der Waals surface area contributed by atoms with Crippen molar-refractivity contribution < 1.29 is 19.6 Å². The lowest BCUT2D eigenvalue weighted by atomic mass is 9.71. The Hall–Kier alpha value is -0.160. The highest BCUT2D eigenvalue weighted by atomic mass is 17.2. The number of ether oxygens (including phenoxy) is 1. The molecule has 3 aliphatic rings. The van der Waals surface area contributed by atoms with Crippen LogP contribution in [0.5, 0.6) is 0 Å². The maximum Gasteiger partial charge on any atom is 0.135 e. The topological polar surface area (TPSA) is 51.2 Å². The molecule has 0 spiro atoms. The van der Waals surface area contributed by atoms with Gasteiger partial charge in [0, 0.05) is 7.11 Å². The van der Waals surface area contributed by atoms with Gasteiger partial charge in [-0.3, -0.25) is 0 Å². The average Bonchev–Trinajstić information content (AvgIpc) is 3.36. The van der Waals surface area contributed by atoms with Crippen LogP contribution in [0.2, 0.25) is 0 Å². The van der Waals surface area contributed by atoms with Gasteiger partial charge in [0.15, 0.2) is 0 Å². The van der Waals surface area contributed by atoms with Gasteiger partial charge >= 0.3 is 0 Å². The van der Waals surface area contributed by atoms with Crippen LogP contribution in [0.25, 0.3) is 0 Å². The van der Waals surface area contributed by atoms with E-state index in [0.717, 1.165) is 20.0 Å². The number of aliphatic hydroxyl groups excluding tert-OH is 1. The fourth-order valence-corrected chi connectivity index (χ4v) is 3.51. The van der Waals surface area contributed by atoms with Crippen molar-refractivity contribution in [3.05, 3.63) is 0 Å². The van der Waals surface area contributed by atoms with Crippen LogP contribution in [0.1, 0.15) is 80.1 Å². The van der Waals surface area contributed by atoms with Gasteiger partial charge in [-0.1, -0.05) is 40.5 Å². The molecule has 0 bridgehead atoms. The van der Waals surface area contributed by atoms with E-state index in [9.17, 15) is 0 Å². The molecule has 0 amide bonds. The minimum atomic E-state index is -0.123. The molecule has 1 N–H and O–H groups in total. The van der Waals surface area contributed by atoms with Crippen molar-refractivity contribution in [2.75, 3.05) is 7.11 Å². The van der Waals surface area contributed by atoms with Crippen molar-refractivity contribution in [2.24, 2.45) is 5.92 Å². The molecule has 3 fully saturated rings. The fourth-order valence-electron chi connectivity index (χ4n) is 3.51. The number of hydrogen-bond donors (Lipinski definition) is 1. The van der Waals surface area contributed by atoms with Gasteiger partial charge in [-0.25, -0.2) is 9.78 Å². The van der Waals surface area contributed by atoms with E-state index < -0.39 is 0 Å². The van der Waals surface area contributed by atoms with Gasteiger partial charge in [-0.15, -0.1) is 0 Å². The molecular weight excluding hydrogens is 280 g/mol. The Bertz CT molecular complexity index is 272. The highest BCUT2D eigenvalue weighted by molar-refractivity contribution is 5.06. The molecule has 3 rings (SSSR count). The fraction of sp³-hybridized carbons (Fsp3) is 1.00. The van der Waals surface area contributed by atoms with Gasteiger partial charge in [-0.2, -0.15) is 0 Å². The predicted molar refractivity (Wildman–Crippen MR) is 90.7 cm³/mol. The molecule has 2 heterocycles. The van der Waals surface area contributed by atoms with Crippen LogP contribution < -0.4 is 0 Å². The van der Waals surface area contributed by atoms with Crippen molar-refractivity contribution in [2.45, 2.75) is 104 Å². The number of rotatable bonds is 1. The molecule has 2 saturated heterocycles. The summed E-state index contributed by atoms with van der Waals surface area (Å²) in [4.78, 5) is 11.4. The van der Waals surface area contributed by atoms with Gasteiger partial charge in [0.25, 0.3) is 0 Å². The first kappa shape index (κ1) is 21.8. The van der Waals surface area contributed by atoms with E-state index in [1.807, 2.05) is 27.7 Å². The first-order chi connectivity index (χ1) is 10.7. The van der Waals surface area contributed by atoms with Crippen LogP contribution in [0.3, 0.4) is 0 Å². The molecule has 0 aromatic rings. The molecule has 2 unspecified atom stereocenters. The smallest absolute Gasteiger partial charge is 0.135 e. The number of epoxide rings is 1. The molecule has 22 heavy (non-hydrogen) atoms. The lowest BCUT2D eigenvalue weighted by Crippen LogP contribution is -2.48. The Labute approximate surface area is 137 Å². The monoisotopic (exact) mass is 318 g/mol. The van der Waals surface area contributed by atoms with Gasteiger partial charge in [0.1, 0.15) is 11.7 Å². The molecule has 2 aliphatic heterocycles. The van der Waals surface area contributed by atoms with Crippen molar-refractivity contribution >= 4 is 0 Å². The maximum absolute atomic E-state index is 7.00. The number of hydrogen-bond acceptors (Lipinski definition) is 4. The Morgan fingerprint density at radius 3 is 2.05 bits per heavy atom. The molecule has 1 saturated carbocycles. The van der Waals surface area contributed by atoms with E-state index in [2.05, 4.69) is 13.8 Å². The minimum absolute atomic E-state index is 0.123. The Balaban J connectivity index is 0.000000661. The molecule has 1 aliphatic carbocycles. The quantitative estimate of drug-likeness (QED) is 0.571. The van der Waals surface area contributed by atoms with Crippen molar-refractivity contribution in [1.29, 1.82) is 0 Å². The normalized spacial score (nSPS) is 39.3. The zero-order valence-corrected chi connectivity index (χ0v) is 15.7. The molecule has 5 atom stereocenters. The van der Waals surface area contributed by atoms with E-state index in [1.165, 1.54) is 25.7 Å². The zero-order chi connectivity index (χ0) is 17.2. The van der Waals surface area contributed by atoms with E-state index >= 15 is 0 Å². The van der Waals surface area contributed by atoms with Crippen LogP contribution in [0.15, 0.2) is 0 Å². The highest BCUT2D eigenvalue weighted by Crippen LogP contribution is 2.50. The second-order valence-corrected chi connectivity index (χ2v) is 5.73. The summed E-state index contributed by atoms with van der Waals surface area (Å²) in [6.45, 7) is 12.2. The third-order valence-electron chi connectivity index (χ3n) is 4.54. The number of fused-ring (bicyclic) bond motifs is 1. The van der Waals surface area contributed by atoms with Gasteiger partial charge in [0.05, 0.1) is 12.2 Å². The third-order valence-corrected chi connectivity index (χ3v) is 4.54. The minimum Gasteiger partial charge on any atom is -0.400 e.